The number of halogens is 3. The van der Waals surface area contributed by atoms with Gasteiger partial charge in [-0.3, -0.25) is 4.79 Å². The van der Waals surface area contributed by atoms with Crippen LogP contribution in [0.5, 0.6) is 11.5 Å². The van der Waals surface area contributed by atoms with E-state index in [1.165, 1.54) is 24.3 Å². The number of carbonyl (C=O) groups excluding carboxylic acids is 1. The lowest BCUT2D eigenvalue weighted by atomic mass is 10.0. The normalized spacial score (nSPS) is 14.0. The van der Waals surface area contributed by atoms with Crippen molar-refractivity contribution >= 4 is 22.8 Å². The zero-order chi connectivity index (χ0) is 29.5. The summed E-state index contributed by atoms with van der Waals surface area (Å²) in [5.74, 6) is -0.307. The molecule has 6 rings (SSSR count). The Morgan fingerprint density at radius 3 is 2.19 bits per heavy atom. The Hall–Kier alpha value is -5.05. The Kier molecular flexibility index (Phi) is 6.73. The van der Waals surface area contributed by atoms with E-state index in [2.05, 4.69) is 5.32 Å². The van der Waals surface area contributed by atoms with Crippen molar-refractivity contribution in [3.63, 3.8) is 0 Å². The number of carbonyl (C=O) groups is 2. The Morgan fingerprint density at radius 1 is 0.881 bits per heavy atom. The van der Waals surface area contributed by atoms with E-state index in [4.69, 9.17) is 4.74 Å². The Balaban J connectivity index is 1.36. The summed E-state index contributed by atoms with van der Waals surface area (Å²) in [5.41, 5.74) is 1.24. The first-order valence-corrected chi connectivity index (χ1v) is 13.3. The highest BCUT2D eigenvalue weighted by Gasteiger charge is 2.46. The number of hydrogen-bond acceptors (Lipinski definition) is 3. The molecule has 5 aromatic rings. The van der Waals surface area contributed by atoms with Crippen molar-refractivity contribution in [1.29, 1.82) is 0 Å². The summed E-state index contributed by atoms with van der Waals surface area (Å²) < 4.78 is 47.1. The minimum Gasteiger partial charge on any atom is -0.478 e. The first kappa shape index (κ1) is 27.1. The predicted molar refractivity (Wildman–Crippen MR) is 151 cm³/mol. The molecule has 6 nitrogen and oxygen atoms in total. The molecule has 0 spiro atoms. The van der Waals surface area contributed by atoms with Crippen molar-refractivity contribution in [2.45, 2.75) is 31.1 Å². The third kappa shape index (κ3) is 5.45. The fourth-order valence-electron chi connectivity index (χ4n) is 5.13. The van der Waals surface area contributed by atoms with Crippen LogP contribution in [0.3, 0.4) is 0 Å². The van der Waals surface area contributed by atoms with E-state index in [0.717, 1.165) is 23.1 Å². The molecule has 0 aliphatic heterocycles. The van der Waals surface area contributed by atoms with Gasteiger partial charge in [-0.1, -0.05) is 42.5 Å². The fraction of sp³-hybridized carbons (Fsp3) is 0.152. The molecule has 0 bridgehead atoms. The van der Waals surface area contributed by atoms with Gasteiger partial charge in [-0.05, 0) is 78.6 Å². The molecule has 1 fully saturated rings. The van der Waals surface area contributed by atoms with Crippen molar-refractivity contribution in [2.24, 2.45) is 0 Å². The maximum Gasteiger partial charge on any atom is 0.416 e. The highest BCUT2D eigenvalue weighted by molar-refractivity contribution is 6.07. The van der Waals surface area contributed by atoms with Gasteiger partial charge in [0.25, 0.3) is 5.91 Å². The smallest absolute Gasteiger partial charge is 0.416 e. The number of aromatic nitrogens is 1. The number of amides is 1. The van der Waals surface area contributed by atoms with Crippen molar-refractivity contribution in [3.05, 3.63) is 131 Å². The van der Waals surface area contributed by atoms with Crippen LogP contribution in [0.15, 0.2) is 103 Å². The van der Waals surface area contributed by atoms with Crippen LogP contribution in [-0.4, -0.2) is 21.6 Å². The van der Waals surface area contributed by atoms with E-state index in [1.54, 1.807) is 36.5 Å². The summed E-state index contributed by atoms with van der Waals surface area (Å²) in [6, 6.07) is 25.9. The summed E-state index contributed by atoms with van der Waals surface area (Å²) in [5, 5.41) is 13.1. The number of para-hydroxylation sites is 1. The number of aromatic carboxylic acids is 1. The van der Waals surface area contributed by atoms with Crippen LogP contribution in [0.1, 0.15) is 50.2 Å². The number of carboxylic acids is 1. The fourth-order valence-corrected chi connectivity index (χ4v) is 5.13. The van der Waals surface area contributed by atoms with Crippen molar-refractivity contribution in [3.8, 4) is 11.5 Å². The Morgan fingerprint density at radius 2 is 1.57 bits per heavy atom. The van der Waals surface area contributed by atoms with Gasteiger partial charge in [0.05, 0.1) is 27.7 Å². The average molecular weight is 571 g/mol. The van der Waals surface area contributed by atoms with Crippen LogP contribution in [0.4, 0.5) is 13.2 Å². The van der Waals surface area contributed by atoms with Gasteiger partial charge in [0.15, 0.2) is 0 Å². The topological polar surface area (TPSA) is 80.6 Å². The van der Waals surface area contributed by atoms with Crippen molar-refractivity contribution in [2.75, 3.05) is 0 Å². The quantitative estimate of drug-likeness (QED) is 0.201. The number of hydrogen-bond donors (Lipinski definition) is 2. The van der Waals surface area contributed by atoms with E-state index in [0.29, 0.717) is 41.0 Å². The van der Waals surface area contributed by atoms with E-state index in [-0.39, 0.29) is 18.0 Å². The van der Waals surface area contributed by atoms with Crippen molar-refractivity contribution < 1.29 is 32.6 Å². The van der Waals surface area contributed by atoms with Crippen LogP contribution >= 0.6 is 0 Å². The molecule has 1 amide bonds. The molecule has 1 aliphatic carbocycles. The second-order valence-corrected chi connectivity index (χ2v) is 10.4. The number of carboxylic acid groups (broad SMARTS) is 1. The van der Waals surface area contributed by atoms with Crippen LogP contribution in [-0.2, 0) is 18.3 Å². The minimum absolute atomic E-state index is 0.162. The van der Waals surface area contributed by atoms with Gasteiger partial charge in [0.2, 0.25) is 0 Å². The monoisotopic (exact) mass is 570 g/mol. The number of fused-ring (bicyclic) bond motifs is 1. The highest BCUT2D eigenvalue weighted by Crippen LogP contribution is 2.46. The molecule has 1 saturated carbocycles. The van der Waals surface area contributed by atoms with Gasteiger partial charge in [-0.15, -0.1) is 0 Å². The number of rotatable bonds is 8. The molecule has 0 unspecified atom stereocenters. The molecule has 9 heteroatoms. The zero-order valence-electron chi connectivity index (χ0n) is 22.2. The molecule has 1 aliphatic rings. The maximum atomic E-state index is 13.9. The Labute approximate surface area is 239 Å². The molecule has 0 saturated heterocycles. The van der Waals surface area contributed by atoms with Crippen molar-refractivity contribution in [1.82, 2.24) is 9.88 Å². The SMILES string of the molecule is O=C(O)c1ccc(C2(NC(=O)c3cc(Oc4ccccc4)cc4ccn(Cc5ccc(C(F)(F)F)cc5)c34)CC2)cc1. The summed E-state index contributed by atoms with van der Waals surface area (Å²) >= 11 is 0. The molecule has 0 radical (unpaired) electrons. The maximum absolute atomic E-state index is 13.9. The van der Waals surface area contributed by atoms with Gasteiger partial charge in [-0.2, -0.15) is 13.2 Å². The number of nitrogens with one attached hydrogen (secondary N) is 1. The van der Waals surface area contributed by atoms with Crippen LogP contribution in [0, 0.1) is 0 Å². The van der Waals surface area contributed by atoms with Gasteiger partial charge >= 0.3 is 12.1 Å². The molecule has 42 heavy (non-hydrogen) atoms. The lowest BCUT2D eigenvalue weighted by molar-refractivity contribution is -0.137. The lowest BCUT2D eigenvalue weighted by Crippen LogP contribution is -2.35. The van der Waals surface area contributed by atoms with Crippen LogP contribution < -0.4 is 10.1 Å². The van der Waals surface area contributed by atoms with Crippen LogP contribution in [0.25, 0.3) is 10.9 Å². The predicted octanol–water partition coefficient (Wildman–Crippen LogP) is 7.62. The summed E-state index contributed by atoms with van der Waals surface area (Å²) in [4.78, 5) is 25.2. The van der Waals surface area contributed by atoms with E-state index in [9.17, 15) is 27.9 Å². The summed E-state index contributed by atoms with van der Waals surface area (Å²) in [7, 11) is 0. The van der Waals surface area contributed by atoms with Gasteiger partial charge < -0.3 is 19.7 Å². The standard InChI is InChI=1S/C33H25F3N2O4/c34-33(35,36)25-10-6-21(7-11-25)20-38-17-14-23-18-27(42-26-4-2-1-3-5-26)19-28(29(23)38)30(39)37-32(15-16-32)24-12-8-22(9-13-24)31(40)41/h1-14,17-19H,15-16,20H2,(H,37,39)(H,40,41). The van der Waals surface area contributed by atoms with E-state index >= 15 is 0 Å². The minimum atomic E-state index is -4.42. The van der Waals surface area contributed by atoms with E-state index < -0.39 is 23.2 Å². The third-order valence-corrected chi connectivity index (χ3v) is 7.48. The molecule has 0 atom stereocenters. The molecule has 1 heterocycles. The summed E-state index contributed by atoms with van der Waals surface area (Å²) in [6.07, 6.45) is -1.24. The average Bonchev–Trinajstić information content (AvgIpc) is 3.65. The molecule has 2 N–H and O–H groups in total. The second-order valence-electron chi connectivity index (χ2n) is 10.4. The zero-order valence-corrected chi connectivity index (χ0v) is 22.2. The first-order valence-electron chi connectivity index (χ1n) is 13.3. The summed E-state index contributed by atoms with van der Waals surface area (Å²) in [6.45, 7) is 0.253. The van der Waals surface area contributed by atoms with Crippen LogP contribution in [0.2, 0.25) is 0 Å². The van der Waals surface area contributed by atoms with Gasteiger partial charge in [0, 0.05) is 18.1 Å². The molecule has 212 valence electrons. The van der Waals surface area contributed by atoms with Gasteiger partial charge in [-0.25, -0.2) is 4.79 Å². The largest absolute Gasteiger partial charge is 0.478 e. The second kappa shape index (κ2) is 10.4. The Bertz CT molecular complexity index is 1770. The molecule has 4 aromatic carbocycles. The first-order chi connectivity index (χ1) is 20.1. The number of nitrogens with zero attached hydrogens (tertiary/aromatic N) is 1. The molecular weight excluding hydrogens is 545 g/mol. The number of benzene rings is 4. The lowest BCUT2D eigenvalue weighted by Gasteiger charge is -2.20. The highest BCUT2D eigenvalue weighted by atomic mass is 19.4. The molecule has 1 aromatic heterocycles. The molecular formula is C33H25F3N2O4. The van der Waals surface area contributed by atoms with E-state index in [1.807, 2.05) is 34.9 Å². The number of alkyl halides is 3. The van der Waals surface area contributed by atoms with Gasteiger partial charge in [0.1, 0.15) is 11.5 Å². The number of ether oxygens (including phenoxy) is 1. The third-order valence-electron chi connectivity index (χ3n) is 7.48.